The number of aliphatic carboxylic acids is 1. The van der Waals surface area contributed by atoms with Gasteiger partial charge in [0.25, 0.3) is 5.91 Å². The van der Waals surface area contributed by atoms with E-state index in [2.05, 4.69) is 15.9 Å². The minimum atomic E-state index is -0.945. The molecular formula is C15H18BrNO4. The molecule has 1 N–H and O–H groups in total. The monoisotopic (exact) mass is 355 g/mol. The predicted molar refractivity (Wildman–Crippen MR) is 81.2 cm³/mol. The van der Waals surface area contributed by atoms with Crippen molar-refractivity contribution in [3.05, 3.63) is 28.7 Å². The van der Waals surface area contributed by atoms with Crippen LogP contribution >= 0.6 is 15.9 Å². The Labute approximate surface area is 132 Å². The molecule has 1 saturated heterocycles. The first-order valence-electron chi connectivity index (χ1n) is 6.94. The van der Waals surface area contributed by atoms with Crippen molar-refractivity contribution in [1.29, 1.82) is 0 Å². The number of ether oxygens (including phenoxy) is 1. The fourth-order valence-corrected chi connectivity index (χ4v) is 2.72. The maximum absolute atomic E-state index is 12.4. The van der Waals surface area contributed by atoms with Gasteiger partial charge in [0, 0.05) is 11.0 Å². The van der Waals surface area contributed by atoms with Crippen molar-refractivity contribution < 1.29 is 19.4 Å². The molecule has 1 heterocycles. The molecule has 2 rings (SSSR count). The van der Waals surface area contributed by atoms with E-state index in [4.69, 9.17) is 4.74 Å². The summed E-state index contributed by atoms with van der Waals surface area (Å²) in [6, 6.07) is 6.44. The third-order valence-electron chi connectivity index (χ3n) is 3.55. The zero-order valence-corrected chi connectivity index (χ0v) is 13.4. The summed E-state index contributed by atoms with van der Waals surface area (Å²) in [5, 5.41) is 9.22. The van der Waals surface area contributed by atoms with Crippen LogP contribution in [0.25, 0.3) is 0 Å². The van der Waals surface area contributed by atoms with E-state index in [9.17, 15) is 14.7 Å². The van der Waals surface area contributed by atoms with Crippen molar-refractivity contribution >= 4 is 27.8 Å². The molecule has 114 valence electrons. The average Bonchev–Trinajstić information content (AvgIpc) is 2.48. The van der Waals surface area contributed by atoms with Crippen molar-refractivity contribution in [2.24, 2.45) is 0 Å². The lowest BCUT2D eigenvalue weighted by Crippen LogP contribution is -2.52. The van der Waals surface area contributed by atoms with Gasteiger partial charge >= 0.3 is 5.97 Å². The second kappa shape index (κ2) is 6.93. The molecule has 6 heteroatoms. The summed E-state index contributed by atoms with van der Waals surface area (Å²) in [4.78, 5) is 25.1. The molecule has 0 bridgehead atoms. The van der Waals surface area contributed by atoms with Gasteiger partial charge in [-0.2, -0.15) is 0 Å². The van der Waals surface area contributed by atoms with Crippen LogP contribution in [-0.4, -0.2) is 40.6 Å². The summed E-state index contributed by atoms with van der Waals surface area (Å²) in [6.07, 6.45) is 1.47. The molecule has 0 radical (unpaired) electrons. The first-order valence-corrected chi connectivity index (χ1v) is 7.74. The summed E-state index contributed by atoms with van der Waals surface area (Å²) in [5.74, 6) is -0.633. The number of piperidine rings is 1. The topological polar surface area (TPSA) is 66.8 Å². The third kappa shape index (κ3) is 3.97. The van der Waals surface area contributed by atoms with E-state index in [-0.39, 0.29) is 5.91 Å². The number of hydrogen-bond donors (Lipinski definition) is 1. The van der Waals surface area contributed by atoms with Gasteiger partial charge in [-0.15, -0.1) is 0 Å². The van der Waals surface area contributed by atoms with E-state index in [1.165, 1.54) is 4.90 Å². The molecule has 1 aromatic rings. The Morgan fingerprint density at radius 1 is 1.33 bits per heavy atom. The Kier molecular flexibility index (Phi) is 5.22. The van der Waals surface area contributed by atoms with Gasteiger partial charge < -0.3 is 14.7 Å². The van der Waals surface area contributed by atoms with Crippen molar-refractivity contribution in [1.82, 2.24) is 4.90 Å². The SMILES string of the molecule is CC(Oc1ccc(Br)cc1)C(=O)N1CCCC[C@@H]1C(=O)O. The molecule has 0 saturated carbocycles. The number of carbonyl (C=O) groups is 2. The average molecular weight is 356 g/mol. The maximum atomic E-state index is 12.4. The van der Waals surface area contributed by atoms with Crippen LogP contribution in [0.2, 0.25) is 0 Å². The number of carbonyl (C=O) groups excluding carboxylic acids is 1. The van der Waals surface area contributed by atoms with E-state index in [0.717, 1.165) is 17.3 Å². The molecule has 0 aliphatic carbocycles. The Morgan fingerprint density at radius 2 is 2.00 bits per heavy atom. The van der Waals surface area contributed by atoms with Gasteiger partial charge in [-0.3, -0.25) is 4.79 Å². The number of nitrogens with zero attached hydrogens (tertiary/aromatic N) is 1. The number of carboxylic acid groups (broad SMARTS) is 1. The Hall–Kier alpha value is -1.56. The van der Waals surface area contributed by atoms with Crippen LogP contribution in [-0.2, 0) is 9.59 Å². The fraction of sp³-hybridized carbons (Fsp3) is 0.467. The van der Waals surface area contributed by atoms with Gasteiger partial charge in [0.1, 0.15) is 11.8 Å². The highest BCUT2D eigenvalue weighted by atomic mass is 79.9. The number of rotatable bonds is 4. The molecule has 0 spiro atoms. The van der Waals surface area contributed by atoms with Crippen LogP contribution in [0.1, 0.15) is 26.2 Å². The molecule has 1 aliphatic rings. The first kappa shape index (κ1) is 15.8. The van der Waals surface area contributed by atoms with E-state index < -0.39 is 18.1 Å². The van der Waals surface area contributed by atoms with Crippen LogP contribution < -0.4 is 4.74 Å². The zero-order chi connectivity index (χ0) is 15.4. The second-order valence-corrected chi connectivity index (χ2v) is 6.01. The minimum Gasteiger partial charge on any atom is -0.481 e. The van der Waals surface area contributed by atoms with Gasteiger partial charge in [-0.1, -0.05) is 15.9 Å². The largest absolute Gasteiger partial charge is 0.481 e. The second-order valence-electron chi connectivity index (χ2n) is 5.10. The smallest absolute Gasteiger partial charge is 0.326 e. The molecule has 1 aliphatic heterocycles. The minimum absolute atomic E-state index is 0.273. The molecule has 0 aromatic heterocycles. The molecular weight excluding hydrogens is 338 g/mol. The summed E-state index contributed by atoms with van der Waals surface area (Å²) < 4.78 is 6.53. The number of benzene rings is 1. The summed E-state index contributed by atoms with van der Waals surface area (Å²) in [5.41, 5.74) is 0. The molecule has 21 heavy (non-hydrogen) atoms. The number of carboxylic acids is 1. The normalized spacial score (nSPS) is 19.9. The van der Waals surface area contributed by atoms with Gasteiger partial charge in [0.05, 0.1) is 0 Å². The van der Waals surface area contributed by atoms with Crippen LogP contribution in [0.3, 0.4) is 0 Å². The number of halogens is 1. The van der Waals surface area contributed by atoms with E-state index in [1.807, 2.05) is 12.1 Å². The Bertz CT molecular complexity index is 517. The number of amides is 1. The summed E-state index contributed by atoms with van der Waals surface area (Å²) in [7, 11) is 0. The molecule has 1 unspecified atom stereocenters. The van der Waals surface area contributed by atoms with E-state index in [1.54, 1.807) is 19.1 Å². The van der Waals surface area contributed by atoms with E-state index in [0.29, 0.717) is 18.7 Å². The van der Waals surface area contributed by atoms with Crippen molar-refractivity contribution in [2.75, 3.05) is 6.54 Å². The van der Waals surface area contributed by atoms with Gasteiger partial charge in [0.15, 0.2) is 6.10 Å². The van der Waals surface area contributed by atoms with Crippen molar-refractivity contribution in [3.63, 3.8) is 0 Å². The highest BCUT2D eigenvalue weighted by molar-refractivity contribution is 9.10. The first-order chi connectivity index (χ1) is 9.99. The summed E-state index contributed by atoms with van der Waals surface area (Å²) >= 11 is 3.33. The van der Waals surface area contributed by atoms with E-state index >= 15 is 0 Å². The molecule has 1 aromatic carbocycles. The maximum Gasteiger partial charge on any atom is 0.326 e. The van der Waals surface area contributed by atoms with Gasteiger partial charge in [-0.25, -0.2) is 4.79 Å². The summed E-state index contributed by atoms with van der Waals surface area (Å²) in [6.45, 7) is 2.13. The van der Waals surface area contributed by atoms with Crippen LogP contribution in [0, 0.1) is 0 Å². The quantitative estimate of drug-likeness (QED) is 0.901. The van der Waals surface area contributed by atoms with Crippen molar-refractivity contribution in [2.45, 2.75) is 38.3 Å². The van der Waals surface area contributed by atoms with Gasteiger partial charge in [-0.05, 0) is 50.5 Å². The predicted octanol–water partition coefficient (Wildman–Crippen LogP) is 2.68. The van der Waals surface area contributed by atoms with Crippen LogP contribution in [0.15, 0.2) is 28.7 Å². The number of hydrogen-bond acceptors (Lipinski definition) is 3. The third-order valence-corrected chi connectivity index (χ3v) is 4.07. The lowest BCUT2D eigenvalue weighted by atomic mass is 10.0. The van der Waals surface area contributed by atoms with Gasteiger partial charge in [0.2, 0.25) is 0 Å². The molecule has 2 atom stereocenters. The molecule has 1 amide bonds. The van der Waals surface area contributed by atoms with Crippen LogP contribution in [0.4, 0.5) is 0 Å². The lowest BCUT2D eigenvalue weighted by molar-refractivity contribution is -0.155. The lowest BCUT2D eigenvalue weighted by Gasteiger charge is -2.34. The van der Waals surface area contributed by atoms with Crippen molar-refractivity contribution in [3.8, 4) is 5.75 Å². The fourth-order valence-electron chi connectivity index (χ4n) is 2.45. The van der Waals surface area contributed by atoms with Crippen LogP contribution in [0.5, 0.6) is 5.75 Å². The Morgan fingerprint density at radius 3 is 2.62 bits per heavy atom. The molecule has 5 nitrogen and oxygen atoms in total. The zero-order valence-electron chi connectivity index (χ0n) is 11.8. The standard InChI is InChI=1S/C15H18BrNO4/c1-10(21-12-7-5-11(16)6-8-12)14(18)17-9-3-2-4-13(17)15(19)20/h5-8,10,13H,2-4,9H2,1H3,(H,19,20)/t10?,13-/m1/s1. The highest BCUT2D eigenvalue weighted by Gasteiger charge is 2.34. The Balaban J connectivity index is 2.03. The highest BCUT2D eigenvalue weighted by Crippen LogP contribution is 2.21. The number of likely N-dealkylation sites (tertiary alicyclic amines) is 1. The molecule has 1 fully saturated rings.